The SMILES string of the molecule is [2H]C(c1ccccc1)C(NC(=O)C(C)(C)C)c1ccccc1. The lowest BCUT2D eigenvalue weighted by molar-refractivity contribution is -0.129. The zero-order valence-electron chi connectivity index (χ0n) is 13.8. The number of nitrogens with one attached hydrogen (secondary N) is 1. The van der Waals surface area contributed by atoms with Gasteiger partial charge in [0, 0.05) is 6.79 Å². The third kappa shape index (κ3) is 4.45. The average Bonchev–Trinajstić information content (AvgIpc) is 2.52. The van der Waals surface area contributed by atoms with Crippen molar-refractivity contribution < 1.29 is 6.17 Å². The van der Waals surface area contributed by atoms with Crippen molar-refractivity contribution in [1.29, 1.82) is 0 Å². The molecule has 1 amide bonds. The van der Waals surface area contributed by atoms with Gasteiger partial charge in [0.2, 0.25) is 5.91 Å². The van der Waals surface area contributed by atoms with Crippen LogP contribution in [0.15, 0.2) is 60.7 Å². The Morgan fingerprint density at radius 1 is 1.05 bits per heavy atom. The maximum atomic E-state index is 12.4. The molecular weight excluding hydrogens is 258 g/mol. The van der Waals surface area contributed by atoms with Crippen molar-refractivity contribution in [2.45, 2.75) is 33.2 Å². The molecule has 0 aliphatic heterocycles. The predicted molar refractivity (Wildman–Crippen MR) is 86.9 cm³/mol. The Balaban J connectivity index is 2.32. The molecular formula is C19H23NO. The monoisotopic (exact) mass is 282 g/mol. The lowest BCUT2D eigenvalue weighted by Crippen LogP contribution is -2.38. The minimum absolute atomic E-state index is 0.0467. The highest BCUT2D eigenvalue weighted by molar-refractivity contribution is 5.81. The number of amides is 1. The first-order chi connectivity index (χ1) is 10.4. The van der Waals surface area contributed by atoms with E-state index >= 15 is 0 Å². The van der Waals surface area contributed by atoms with E-state index in [4.69, 9.17) is 1.37 Å². The first kappa shape index (κ1) is 13.9. The molecule has 2 rings (SSSR count). The fraction of sp³-hybridized carbons (Fsp3) is 0.316. The standard InChI is InChI=1S/C19H23NO/c1-19(2,3)18(21)20-17(16-12-8-5-9-13-16)14-15-10-6-4-7-11-15/h4-13,17H,14H2,1-3H3,(H,20,21)/i14D. The van der Waals surface area contributed by atoms with E-state index in [1.165, 1.54) is 0 Å². The molecule has 0 heterocycles. The quantitative estimate of drug-likeness (QED) is 0.897. The summed E-state index contributed by atoms with van der Waals surface area (Å²) >= 11 is 0. The molecule has 0 fully saturated rings. The number of carbonyl (C=O) groups is 1. The smallest absolute Gasteiger partial charge is 0.225 e. The van der Waals surface area contributed by atoms with Gasteiger partial charge < -0.3 is 5.32 Å². The molecule has 2 heteroatoms. The molecule has 0 saturated heterocycles. The summed E-state index contributed by atoms with van der Waals surface area (Å²) in [7, 11) is 0. The minimum atomic E-state index is -0.546. The van der Waals surface area contributed by atoms with Crippen molar-refractivity contribution in [2.75, 3.05) is 0 Å². The fourth-order valence-electron chi connectivity index (χ4n) is 2.00. The van der Waals surface area contributed by atoms with E-state index < -0.39 is 11.8 Å². The first-order valence-corrected chi connectivity index (χ1v) is 7.22. The van der Waals surface area contributed by atoms with E-state index in [0.29, 0.717) is 0 Å². The molecule has 110 valence electrons. The Labute approximate surface area is 128 Å². The second-order valence-corrected chi connectivity index (χ2v) is 6.19. The molecule has 2 atom stereocenters. The molecule has 0 aromatic heterocycles. The third-order valence-electron chi connectivity index (χ3n) is 3.29. The van der Waals surface area contributed by atoms with Gasteiger partial charge in [-0.2, -0.15) is 0 Å². The van der Waals surface area contributed by atoms with Crippen molar-refractivity contribution in [2.24, 2.45) is 5.41 Å². The van der Waals surface area contributed by atoms with Crippen LogP contribution in [0.3, 0.4) is 0 Å². The van der Waals surface area contributed by atoms with Crippen LogP contribution in [0.25, 0.3) is 0 Å². The molecule has 0 aliphatic carbocycles. The summed E-state index contributed by atoms with van der Waals surface area (Å²) in [5.41, 5.74) is 1.36. The summed E-state index contributed by atoms with van der Waals surface area (Å²) in [5.74, 6) is -0.0467. The van der Waals surface area contributed by atoms with Gasteiger partial charge in [0.1, 0.15) is 0 Å². The van der Waals surface area contributed by atoms with Gasteiger partial charge in [0.05, 0.1) is 6.04 Å². The van der Waals surface area contributed by atoms with E-state index in [0.717, 1.165) is 11.1 Å². The summed E-state index contributed by atoms with van der Waals surface area (Å²) in [6, 6.07) is 19.0. The summed E-state index contributed by atoms with van der Waals surface area (Å²) in [6.07, 6.45) is -0.546. The first-order valence-electron chi connectivity index (χ1n) is 7.80. The number of hydrogen-bond donors (Lipinski definition) is 1. The highest BCUT2D eigenvalue weighted by atomic mass is 16.2. The maximum absolute atomic E-state index is 12.4. The van der Waals surface area contributed by atoms with Crippen molar-refractivity contribution in [3.05, 3.63) is 71.8 Å². The molecule has 0 aliphatic rings. The summed E-state index contributed by atoms with van der Waals surface area (Å²) in [5, 5.41) is 3.05. The van der Waals surface area contributed by atoms with Gasteiger partial charge in [-0.3, -0.25) is 4.79 Å². The molecule has 2 nitrogen and oxygen atoms in total. The molecule has 2 unspecified atom stereocenters. The lowest BCUT2D eigenvalue weighted by atomic mass is 9.93. The van der Waals surface area contributed by atoms with Crippen LogP contribution < -0.4 is 5.32 Å². The summed E-state index contributed by atoms with van der Waals surface area (Å²) < 4.78 is 8.59. The Kier molecular flexibility index (Phi) is 4.34. The van der Waals surface area contributed by atoms with E-state index in [9.17, 15) is 4.79 Å². The topological polar surface area (TPSA) is 29.1 Å². The van der Waals surface area contributed by atoms with Crippen LogP contribution in [0.5, 0.6) is 0 Å². The van der Waals surface area contributed by atoms with Crippen molar-refractivity contribution in [1.82, 2.24) is 5.32 Å². The van der Waals surface area contributed by atoms with Crippen molar-refractivity contribution >= 4 is 5.91 Å². The van der Waals surface area contributed by atoms with Crippen molar-refractivity contribution in [3.8, 4) is 0 Å². The number of hydrogen-bond acceptors (Lipinski definition) is 1. The van der Waals surface area contributed by atoms with Crippen LogP contribution in [-0.2, 0) is 11.2 Å². The number of benzene rings is 2. The molecule has 2 aromatic rings. The van der Waals surface area contributed by atoms with Crippen LogP contribution in [0.4, 0.5) is 0 Å². The predicted octanol–water partition coefficient (Wildman–Crippen LogP) is 4.13. The van der Waals surface area contributed by atoms with E-state index in [-0.39, 0.29) is 11.9 Å². The van der Waals surface area contributed by atoms with Gasteiger partial charge in [0.15, 0.2) is 0 Å². The maximum Gasteiger partial charge on any atom is 0.225 e. The van der Waals surface area contributed by atoms with E-state index in [2.05, 4.69) is 5.32 Å². The molecule has 0 radical (unpaired) electrons. The van der Waals surface area contributed by atoms with Gasteiger partial charge in [-0.15, -0.1) is 0 Å². The normalized spacial score (nSPS) is 14.9. The Morgan fingerprint density at radius 2 is 1.57 bits per heavy atom. The van der Waals surface area contributed by atoms with Crippen LogP contribution in [-0.4, -0.2) is 5.91 Å². The molecule has 0 saturated carbocycles. The molecule has 0 bridgehead atoms. The Bertz CT molecular complexity index is 604. The highest BCUT2D eigenvalue weighted by Crippen LogP contribution is 2.21. The fourth-order valence-corrected chi connectivity index (χ4v) is 2.00. The molecule has 1 N–H and O–H groups in total. The van der Waals surface area contributed by atoms with Gasteiger partial charge >= 0.3 is 0 Å². The zero-order valence-corrected chi connectivity index (χ0v) is 12.8. The highest BCUT2D eigenvalue weighted by Gasteiger charge is 2.24. The second-order valence-electron chi connectivity index (χ2n) is 6.19. The van der Waals surface area contributed by atoms with Crippen molar-refractivity contribution in [3.63, 3.8) is 0 Å². The van der Waals surface area contributed by atoms with E-state index in [1.807, 2.05) is 81.4 Å². The van der Waals surface area contributed by atoms with E-state index in [1.54, 1.807) is 0 Å². The van der Waals surface area contributed by atoms with Gasteiger partial charge in [0.25, 0.3) is 0 Å². The van der Waals surface area contributed by atoms with Gasteiger partial charge in [-0.1, -0.05) is 81.4 Å². The summed E-state index contributed by atoms with van der Waals surface area (Å²) in [6.45, 7) is 5.64. The lowest BCUT2D eigenvalue weighted by Gasteiger charge is -2.25. The van der Waals surface area contributed by atoms with Crippen LogP contribution >= 0.6 is 0 Å². The average molecular weight is 282 g/mol. The minimum Gasteiger partial charge on any atom is -0.349 e. The largest absolute Gasteiger partial charge is 0.349 e. The second kappa shape index (κ2) is 6.57. The number of rotatable bonds is 4. The third-order valence-corrected chi connectivity index (χ3v) is 3.29. The number of carbonyl (C=O) groups excluding carboxylic acids is 1. The summed E-state index contributed by atoms with van der Waals surface area (Å²) in [4.78, 5) is 12.4. The zero-order chi connectivity index (χ0) is 16.2. The Morgan fingerprint density at radius 3 is 2.10 bits per heavy atom. The molecule has 2 aromatic carbocycles. The van der Waals surface area contributed by atoms with Gasteiger partial charge in [-0.25, -0.2) is 0 Å². The van der Waals surface area contributed by atoms with Crippen LogP contribution in [0.2, 0.25) is 0 Å². The molecule has 21 heavy (non-hydrogen) atoms. The van der Waals surface area contributed by atoms with Gasteiger partial charge in [-0.05, 0) is 17.5 Å². The van der Waals surface area contributed by atoms with Crippen LogP contribution in [0, 0.1) is 5.41 Å². The molecule has 0 spiro atoms. The Hall–Kier alpha value is -2.09. The van der Waals surface area contributed by atoms with Crippen LogP contribution in [0.1, 0.15) is 39.3 Å².